The molecule has 2 N–H and O–H groups in total. The van der Waals surface area contributed by atoms with Gasteiger partial charge in [0.2, 0.25) is 0 Å². The SMILES string of the molecule is CC[C@H](CO)NCc1cnccc1N(C)C. The topological polar surface area (TPSA) is 48.4 Å². The minimum atomic E-state index is 0.162. The van der Waals surface area contributed by atoms with E-state index in [0.717, 1.165) is 24.2 Å². The zero-order valence-electron chi connectivity index (χ0n) is 10.3. The summed E-state index contributed by atoms with van der Waals surface area (Å²) in [5, 5.41) is 12.4. The number of nitrogens with zero attached hydrogens (tertiary/aromatic N) is 2. The quantitative estimate of drug-likeness (QED) is 0.755. The lowest BCUT2D eigenvalue weighted by molar-refractivity contribution is 0.238. The number of hydrogen-bond acceptors (Lipinski definition) is 4. The van der Waals surface area contributed by atoms with Gasteiger partial charge < -0.3 is 15.3 Å². The maximum absolute atomic E-state index is 9.09. The molecule has 90 valence electrons. The van der Waals surface area contributed by atoms with Crippen molar-refractivity contribution in [3.8, 4) is 0 Å². The van der Waals surface area contributed by atoms with Gasteiger partial charge in [0, 0.05) is 50.3 Å². The van der Waals surface area contributed by atoms with Crippen molar-refractivity contribution in [2.45, 2.75) is 25.9 Å². The number of aliphatic hydroxyl groups excluding tert-OH is 1. The van der Waals surface area contributed by atoms with Crippen LogP contribution in [0.4, 0.5) is 5.69 Å². The van der Waals surface area contributed by atoms with E-state index < -0.39 is 0 Å². The van der Waals surface area contributed by atoms with E-state index in [1.165, 1.54) is 0 Å². The molecule has 1 rings (SSSR count). The maximum Gasteiger partial charge on any atom is 0.0584 e. The van der Waals surface area contributed by atoms with Crippen LogP contribution in [-0.2, 0) is 6.54 Å². The van der Waals surface area contributed by atoms with Gasteiger partial charge in [0.25, 0.3) is 0 Å². The standard InChI is InChI=1S/C12H21N3O/c1-4-11(9-16)14-8-10-7-13-6-5-12(10)15(2)3/h5-7,11,14,16H,4,8-9H2,1-3H3/t11-/m1/s1. The lowest BCUT2D eigenvalue weighted by Gasteiger charge is -2.19. The van der Waals surface area contributed by atoms with Crippen molar-refractivity contribution in [2.75, 3.05) is 25.6 Å². The van der Waals surface area contributed by atoms with Crippen molar-refractivity contribution in [1.29, 1.82) is 0 Å². The molecule has 1 heterocycles. The zero-order valence-corrected chi connectivity index (χ0v) is 10.3. The highest BCUT2D eigenvalue weighted by atomic mass is 16.3. The zero-order chi connectivity index (χ0) is 12.0. The molecule has 4 heteroatoms. The smallest absolute Gasteiger partial charge is 0.0584 e. The average molecular weight is 223 g/mol. The normalized spacial score (nSPS) is 12.5. The molecular weight excluding hydrogens is 202 g/mol. The van der Waals surface area contributed by atoms with Crippen LogP contribution in [0.3, 0.4) is 0 Å². The lowest BCUT2D eigenvalue weighted by atomic mass is 10.2. The summed E-state index contributed by atoms with van der Waals surface area (Å²) < 4.78 is 0. The molecule has 0 unspecified atom stereocenters. The summed E-state index contributed by atoms with van der Waals surface area (Å²) in [6.45, 7) is 2.97. The molecular formula is C12H21N3O. The molecule has 1 aromatic heterocycles. The van der Waals surface area contributed by atoms with E-state index in [9.17, 15) is 0 Å². The van der Waals surface area contributed by atoms with E-state index in [1.54, 1.807) is 6.20 Å². The highest BCUT2D eigenvalue weighted by Gasteiger charge is 2.07. The van der Waals surface area contributed by atoms with Crippen LogP contribution < -0.4 is 10.2 Å². The van der Waals surface area contributed by atoms with Crippen LogP contribution in [0.1, 0.15) is 18.9 Å². The first-order valence-electron chi connectivity index (χ1n) is 5.63. The van der Waals surface area contributed by atoms with Crippen LogP contribution in [0, 0.1) is 0 Å². The number of hydrogen-bond donors (Lipinski definition) is 2. The molecule has 1 atom stereocenters. The highest BCUT2D eigenvalue weighted by molar-refractivity contribution is 5.50. The van der Waals surface area contributed by atoms with Gasteiger partial charge >= 0.3 is 0 Å². The van der Waals surface area contributed by atoms with Crippen molar-refractivity contribution in [3.63, 3.8) is 0 Å². The number of anilines is 1. The van der Waals surface area contributed by atoms with Gasteiger partial charge in [-0.3, -0.25) is 4.98 Å². The van der Waals surface area contributed by atoms with Gasteiger partial charge in [-0.15, -0.1) is 0 Å². The van der Waals surface area contributed by atoms with Crippen LogP contribution >= 0.6 is 0 Å². The molecule has 0 fully saturated rings. The Labute approximate surface area is 97.3 Å². The van der Waals surface area contributed by atoms with E-state index >= 15 is 0 Å². The third-order valence-corrected chi connectivity index (χ3v) is 2.65. The third kappa shape index (κ3) is 3.47. The summed E-state index contributed by atoms with van der Waals surface area (Å²) in [6.07, 6.45) is 4.59. The summed E-state index contributed by atoms with van der Waals surface area (Å²) in [7, 11) is 4.03. The summed E-state index contributed by atoms with van der Waals surface area (Å²) in [5.74, 6) is 0. The van der Waals surface area contributed by atoms with E-state index in [1.807, 2.05) is 26.4 Å². The Bertz CT molecular complexity index is 311. The van der Waals surface area contributed by atoms with E-state index in [2.05, 4.69) is 22.1 Å². The maximum atomic E-state index is 9.09. The Morgan fingerprint density at radius 3 is 2.81 bits per heavy atom. The molecule has 4 nitrogen and oxygen atoms in total. The molecule has 0 aromatic carbocycles. The van der Waals surface area contributed by atoms with Gasteiger partial charge in [-0.2, -0.15) is 0 Å². The molecule has 0 amide bonds. The minimum absolute atomic E-state index is 0.162. The largest absolute Gasteiger partial charge is 0.395 e. The second-order valence-corrected chi connectivity index (χ2v) is 4.07. The summed E-state index contributed by atoms with van der Waals surface area (Å²) in [6, 6.07) is 2.16. The van der Waals surface area contributed by atoms with E-state index in [-0.39, 0.29) is 12.6 Å². The number of nitrogens with one attached hydrogen (secondary N) is 1. The molecule has 1 aromatic rings. The highest BCUT2D eigenvalue weighted by Crippen LogP contribution is 2.16. The van der Waals surface area contributed by atoms with Crippen molar-refractivity contribution in [1.82, 2.24) is 10.3 Å². The predicted molar refractivity (Wildman–Crippen MR) is 66.6 cm³/mol. The first-order chi connectivity index (χ1) is 7.69. The van der Waals surface area contributed by atoms with Crippen LogP contribution in [-0.4, -0.2) is 36.8 Å². The number of aliphatic hydroxyl groups is 1. The second-order valence-electron chi connectivity index (χ2n) is 4.07. The molecule has 0 bridgehead atoms. The second kappa shape index (κ2) is 6.45. The lowest BCUT2D eigenvalue weighted by Crippen LogP contribution is -2.31. The molecule has 0 aliphatic heterocycles. The summed E-state index contributed by atoms with van der Waals surface area (Å²) >= 11 is 0. The minimum Gasteiger partial charge on any atom is -0.395 e. The van der Waals surface area contributed by atoms with E-state index in [4.69, 9.17) is 5.11 Å². The molecule has 0 radical (unpaired) electrons. The fourth-order valence-electron chi connectivity index (χ4n) is 1.58. The van der Waals surface area contributed by atoms with Crippen molar-refractivity contribution in [2.24, 2.45) is 0 Å². The van der Waals surface area contributed by atoms with Gasteiger partial charge in [-0.05, 0) is 12.5 Å². The Balaban J connectivity index is 2.66. The number of rotatable bonds is 6. The molecule has 0 aliphatic rings. The Morgan fingerprint density at radius 2 is 2.25 bits per heavy atom. The first kappa shape index (κ1) is 12.9. The molecule has 0 saturated heterocycles. The van der Waals surface area contributed by atoms with E-state index in [0.29, 0.717) is 0 Å². The molecule has 0 saturated carbocycles. The third-order valence-electron chi connectivity index (χ3n) is 2.65. The van der Waals surface area contributed by atoms with Crippen LogP contribution in [0.15, 0.2) is 18.5 Å². The van der Waals surface area contributed by atoms with Crippen LogP contribution in [0.5, 0.6) is 0 Å². The predicted octanol–water partition coefficient (Wildman–Crippen LogP) is 1.01. The van der Waals surface area contributed by atoms with Crippen molar-refractivity contribution in [3.05, 3.63) is 24.0 Å². The number of pyridine rings is 1. The van der Waals surface area contributed by atoms with Gasteiger partial charge in [0.15, 0.2) is 0 Å². The molecule has 0 spiro atoms. The summed E-state index contributed by atoms with van der Waals surface area (Å²) in [5.41, 5.74) is 2.31. The molecule has 0 aliphatic carbocycles. The van der Waals surface area contributed by atoms with Gasteiger partial charge in [0.1, 0.15) is 0 Å². The van der Waals surface area contributed by atoms with Crippen molar-refractivity contribution >= 4 is 5.69 Å². The van der Waals surface area contributed by atoms with Gasteiger partial charge in [0.05, 0.1) is 6.61 Å². The van der Waals surface area contributed by atoms with Crippen LogP contribution in [0.2, 0.25) is 0 Å². The number of aromatic nitrogens is 1. The van der Waals surface area contributed by atoms with Crippen molar-refractivity contribution < 1.29 is 5.11 Å². The summed E-state index contributed by atoms with van der Waals surface area (Å²) in [4.78, 5) is 6.20. The van der Waals surface area contributed by atoms with Crippen LogP contribution in [0.25, 0.3) is 0 Å². The Morgan fingerprint density at radius 1 is 1.50 bits per heavy atom. The fourth-order valence-corrected chi connectivity index (χ4v) is 1.58. The van der Waals surface area contributed by atoms with Gasteiger partial charge in [-0.25, -0.2) is 0 Å². The van der Waals surface area contributed by atoms with Gasteiger partial charge in [-0.1, -0.05) is 6.92 Å². The first-order valence-corrected chi connectivity index (χ1v) is 5.63. The molecule has 16 heavy (non-hydrogen) atoms. The Kier molecular flexibility index (Phi) is 5.22. The average Bonchev–Trinajstić information content (AvgIpc) is 2.30. The monoisotopic (exact) mass is 223 g/mol. The fraction of sp³-hybridized carbons (Fsp3) is 0.583. The Hall–Kier alpha value is -1.13.